The summed E-state index contributed by atoms with van der Waals surface area (Å²) in [7, 11) is 0. The van der Waals surface area contributed by atoms with E-state index in [1.165, 1.54) is 39.0 Å². The Morgan fingerprint density at radius 3 is 3.45 bits per heavy atom. The van der Waals surface area contributed by atoms with Gasteiger partial charge in [-0.25, -0.2) is 0 Å². The van der Waals surface area contributed by atoms with E-state index in [1.807, 2.05) is 0 Å². The molecule has 0 aromatic carbocycles. The fraction of sp³-hybridized carbons (Fsp3) is 0.778. The highest BCUT2D eigenvalue weighted by Crippen LogP contribution is 2.36. The molecule has 2 nitrogen and oxygen atoms in total. The Labute approximate surface area is 67.3 Å². The monoisotopic (exact) mass is 150 g/mol. The quantitative estimate of drug-likeness (QED) is 0.543. The van der Waals surface area contributed by atoms with Crippen LogP contribution in [-0.4, -0.2) is 31.1 Å². The topological polar surface area (TPSA) is 15.3 Å². The second-order valence-electron chi connectivity index (χ2n) is 3.85. The van der Waals surface area contributed by atoms with E-state index in [0.717, 1.165) is 5.92 Å². The van der Waals surface area contributed by atoms with Gasteiger partial charge >= 0.3 is 0 Å². The van der Waals surface area contributed by atoms with Crippen molar-refractivity contribution in [3.63, 3.8) is 0 Å². The minimum Gasteiger partial charge on any atom is -0.374 e. The van der Waals surface area contributed by atoms with Gasteiger partial charge in [0.25, 0.3) is 0 Å². The number of nitrogens with one attached hydrogen (secondary N) is 1. The Morgan fingerprint density at radius 2 is 2.45 bits per heavy atom. The van der Waals surface area contributed by atoms with Crippen LogP contribution in [0.2, 0.25) is 0 Å². The molecule has 2 heteroatoms. The van der Waals surface area contributed by atoms with Gasteiger partial charge in [0.2, 0.25) is 0 Å². The first-order chi connectivity index (χ1) is 5.45. The van der Waals surface area contributed by atoms with Crippen LogP contribution in [0.25, 0.3) is 0 Å². The second-order valence-corrected chi connectivity index (χ2v) is 3.85. The lowest BCUT2D eigenvalue weighted by Crippen LogP contribution is -2.22. The van der Waals surface area contributed by atoms with Crippen LogP contribution in [0.4, 0.5) is 0 Å². The number of fused-ring (bicyclic) bond motifs is 2. The van der Waals surface area contributed by atoms with E-state index in [4.69, 9.17) is 0 Å². The molecule has 1 atom stereocenters. The normalized spacial score (nSPS) is 34.9. The van der Waals surface area contributed by atoms with Crippen LogP contribution < -0.4 is 5.32 Å². The maximum Gasteiger partial charge on any atom is 0.0254 e. The SMILES string of the molecule is C1CC2=C3CNCC3CN2C1. The van der Waals surface area contributed by atoms with Gasteiger partial charge in [-0.1, -0.05) is 0 Å². The minimum absolute atomic E-state index is 0.880. The average molecular weight is 150 g/mol. The zero-order valence-corrected chi connectivity index (χ0v) is 6.77. The predicted octanol–water partition coefficient (Wildman–Crippen LogP) is 0.569. The Morgan fingerprint density at radius 1 is 1.45 bits per heavy atom. The van der Waals surface area contributed by atoms with Crippen LogP contribution in [-0.2, 0) is 0 Å². The summed E-state index contributed by atoms with van der Waals surface area (Å²) in [6, 6.07) is 0. The maximum atomic E-state index is 3.45. The zero-order valence-electron chi connectivity index (χ0n) is 6.77. The van der Waals surface area contributed by atoms with Crippen molar-refractivity contribution in [1.29, 1.82) is 0 Å². The minimum atomic E-state index is 0.880. The molecule has 60 valence electrons. The van der Waals surface area contributed by atoms with Crippen molar-refractivity contribution < 1.29 is 0 Å². The summed E-state index contributed by atoms with van der Waals surface area (Å²) in [5.74, 6) is 0.880. The van der Waals surface area contributed by atoms with E-state index in [9.17, 15) is 0 Å². The van der Waals surface area contributed by atoms with Gasteiger partial charge in [0, 0.05) is 37.8 Å². The van der Waals surface area contributed by atoms with E-state index in [1.54, 1.807) is 11.3 Å². The van der Waals surface area contributed by atoms with E-state index < -0.39 is 0 Å². The fourth-order valence-electron chi connectivity index (χ4n) is 2.72. The first kappa shape index (κ1) is 6.06. The van der Waals surface area contributed by atoms with Crippen LogP contribution in [0.3, 0.4) is 0 Å². The standard InChI is InChI=1S/C9H14N2/c1-2-9-8-5-10-4-7(8)6-11(9)3-1/h7,10H,1-6H2. The summed E-state index contributed by atoms with van der Waals surface area (Å²) in [4.78, 5) is 2.60. The summed E-state index contributed by atoms with van der Waals surface area (Å²) >= 11 is 0. The molecule has 0 amide bonds. The summed E-state index contributed by atoms with van der Waals surface area (Å²) in [5.41, 5.74) is 3.43. The molecule has 2 fully saturated rings. The van der Waals surface area contributed by atoms with Crippen LogP contribution >= 0.6 is 0 Å². The number of allylic oxidation sites excluding steroid dienone is 1. The highest BCUT2D eigenvalue weighted by Gasteiger charge is 2.35. The summed E-state index contributed by atoms with van der Waals surface area (Å²) < 4.78 is 0. The molecule has 3 rings (SSSR count). The van der Waals surface area contributed by atoms with E-state index >= 15 is 0 Å². The lowest BCUT2D eigenvalue weighted by atomic mass is 10.0. The van der Waals surface area contributed by atoms with Crippen LogP contribution in [0.1, 0.15) is 12.8 Å². The molecule has 0 radical (unpaired) electrons. The third-order valence-electron chi connectivity index (χ3n) is 3.23. The number of hydrogen-bond acceptors (Lipinski definition) is 2. The van der Waals surface area contributed by atoms with Crippen molar-refractivity contribution in [2.45, 2.75) is 12.8 Å². The first-order valence-electron chi connectivity index (χ1n) is 4.63. The fourth-order valence-corrected chi connectivity index (χ4v) is 2.72. The van der Waals surface area contributed by atoms with Crippen molar-refractivity contribution in [2.75, 3.05) is 26.2 Å². The van der Waals surface area contributed by atoms with Crippen LogP contribution in [0.5, 0.6) is 0 Å². The Balaban J connectivity index is 2.01. The summed E-state index contributed by atoms with van der Waals surface area (Å²) in [5, 5.41) is 3.45. The highest BCUT2D eigenvalue weighted by atomic mass is 15.2. The van der Waals surface area contributed by atoms with Gasteiger partial charge in [0.15, 0.2) is 0 Å². The Hall–Kier alpha value is -0.500. The Bertz CT molecular complexity index is 198. The number of nitrogens with zero attached hydrogens (tertiary/aromatic N) is 1. The van der Waals surface area contributed by atoms with Crippen molar-refractivity contribution >= 4 is 0 Å². The predicted molar refractivity (Wildman–Crippen MR) is 44.2 cm³/mol. The van der Waals surface area contributed by atoms with E-state index in [-0.39, 0.29) is 0 Å². The van der Waals surface area contributed by atoms with Gasteiger partial charge < -0.3 is 10.2 Å². The molecule has 3 heterocycles. The van der Waals surface area contributed by atoms with Gasteiger partial charge in [-0.05, 0) is 18.4 Å². The third-order valence-corrected chi connectivity index (χ3v) is 3.23. The smallest absolute Gasteiger partial charge is 0.0254 e. The Kier molecular flexibility index (Phi) is 1.11. The van der Waals surface area contributed by atoms with Crippen molar-refractivity contribution in [1.82, 2.24) is 10.2 Å². The number of hydrogen-bond donors (Lipinski definition) is 1. The van der Waals surface area contributed by atoms with E-state index in [0.29, 0.717) is 0 Å². The zero-order chi connectivity index (χ0) is 7.26. The molecule has 0 spiro atoms. The average Bonchev–Trinajstić information content (AvgIpc) is 2.52. The molecular formula is C9H14N2. The van der Waals surface area contributed by atoms with E-state index in [2.05, 4.69) is 10.2 Å². The molecule has 11 heavy (non-hydrogen) atoms. The van der Waals surface area contributed by atoms with Gasteiger partial charge in [-0.15, -0.1) is 0 Å². The molecule has 0 aliphatic carbocycles. The molecule has 1 unspecified atom stereocenters. The molecule has 0 aromatic heterocycles. The highest BCUT2D eigenvalue weighted by molar-refractivity contribution is 5.29. The molecule has 0 aromatic rings. The maximum absolute atomic E-state index is 3.45. The lowest BCUT2D eigenvalue weighted by molar-refractivity contribution is 0.385. The largest absolute Gasteiger partial charge is 0.374 e. The molecule has 1 N–H and O–H groups in total. The molecule has 3 aliphatic heterocycles. The van der Waals surface area contributed by atoms with Gasteiger partial charge in [-0.3, -0.25) is 0 Å². The summed E-state index contributed by atoms with van der Waals surface area (Å²) in [6.45, 7) is 5.05. The molecule has 0 saturated carbocycles. The van der Waals surface area contributed by atoms with Crippen molar-refractivity contribution in [2.24, 2.45) is 5.92 Å². The molecule has 0 bridgehead atoms. The summed E-state index contributed by atoms with van der Waals surface area (Å²) in [6.07, 6.45) is 2.75. The van der Waals surface area contributed by atoms with Gasteiger partial charge in [0.1, 0.15) is 0 Å². The lowest BCUT2D eigenvalue weighted by Gasteiger charge is -2.14. The third kappa shape index (κ3) is 0.707. The van der Waals surface area contributed by atoms with Crippen molar-refractivity contribution in [3.8, 4) is 0 Å². The number of rotatable bonds is 0. The van der Waals surface area contributed by atoms with Gasteiger partial charge in [0.05, 0.1) is 0 Å². The first-order valence-corrected chi connectivity index (χ1v) is 4.63. The second kappa shape index (κ2) is 2.01. The molecular weight excluding hydrogens is 136 g/mol. The van der Waals surface area contributed by atoms with Crippen LogP contribution in [0.15, 0.2) is 11.3 Å². The van der Waals surface area contributed by atoms with Crippen molar-refractivity contribution in [3.05, 3.63) is 11.3 Å². The van der Waals surface area contributed by atoms with Crippen LogP contribution in [0, 0.1) is 5.92 Å². The molecule has 3 aliphatic rings. The van der Waals surface area contributed by atoms with Gasteiger partial charge in [-0.2, -0.15) is 0 Å². The molecule has 2 saturated heterocycles.